The van der Waals surface area contributed by atoms with Gasteiger partial charge in [0.2, 0.25) is 0 Å². The minimum absolute atomic E-state index is 0. The standard InChI is InChI=1S/C29H39P2.C5H5.Fe/c1-21-15-10-12-18-25(21)30(26-19-13-11-16-22(26)2)23(3)24-17-14-20-27(24)31(28(4,5)6)29(7,8)9;1-2-4-5-3-1;/h10-20,23H,1-9H3;1-5H;/q-1;-5;/t23-;;/m1../s1. The summed E-state index contributed by atoms with van der Waals surface area (Å²) in [7, 11) is -0.828. The molecule has 4 rings (SSSR count). The van der Waals surface area contributed by atoms with Crippen LogP contribution in [0.25, 0.3) is 0 Å². The van der Waals surface area contributed by atoms with Crippen LogP contribution in [0.2, 0.25) is 0 Å². The molecule has 0 heterocycles. The van der Waals surface area contributed by atoms with E-state index in [1.54, 1.807) is 10.9 Å². The first kappa shape index (κ1) is 31.7. The Morgan fingerprint density at radius 2 is 1.05 bits per heavy atom. The van der Waals surface area contributed by atoms with Crippen LogP contribution in [0.15, 0.2) is 97.1 Å². The molecule has 0 amide bonds. The minimum Gasteiger partial charge on any atom is -0.748 e. The molecule has 0 fully saturated rings. The van der Waals surface area contributed by atoms with E-state index in [-0.39, 0.29) is 35.3 Å². The van der Waals surface area contributed by atoms with Crippen LogP contribution < -0.4 is 15.9 Å². The number of benzene rings is 2. The van der Waals surface area contributed by atoms with Crippen LogP contribution >= 0.6 is 15.8 Å². The van der Waals surface area contributed by atoms with Crippen molar-refractivity contribution in [3.8, 4) is 0 Å². The van der Waals surface area contributed by atoms with Gasteiger partial charge >= 0.3 is 0 Å². The number of hydrogen-bond donors (Lipinski definition) is 0. The van der Waals surface area contributed by atoms with Crippen LogP contribution in [0.1, 0.15) is 70.8 Å². The van der Waals surface area contributed by atoms with Gasteiger partial charge in [0.1, 0.15) is 0 Å². The summed E-state index contributed by atoms with van der Waals surface area (Å²) in [5.74, 6) is 0. The van der Waals surface area contributed by atoms with Crippen LogP contribution in [0.4, 0.5) is 0 Å². The fourth-order valence-corrected chi connectivity index (χ4v) is 12.7. The third-order valence-electron chi connectivity index (χ3n) is 6.55. The van der Waals surface area contributed by atoms with E-state index in [4.69, 9.17) is 0 Å². The zero-order chi connectivity index (χ0) is 26.5. The van der Waals surface area contributed by atoms with Crippen LogP contribution in [-0.4, -0.2) is 10.3 Å². The summed E-state index contributed by atoms with van der Waals surface area (Å²) in [5, 5.41) is 5.18. The number of aryl methyl sites for hydroxylation is 2. The van der Waals surface area contributed by atoms with E-state index in [0.717, 1.165) is 0 Å². The fraction of sp³-hybridized carbons (Fsp3) is 0.353. The van der Waals surface area contributed by atoms with Gasteiger partial charge in [-0.05, 0) is 59.5 Å². The SMILES string of the molecule is Cc1ccccc1P(c1ccccc1C)[C@H](C)[c-]1cccc1P(C(C)(C)C)C(C)(C)C.[Fe].[cH-]1[cH-][cH-][cH-][cH-]1. The Morgan fingerprint density at radius 3 is 1.43 bits per heavy atom. The summed E-state index contributed by atoms with van der Waals surface area (Å²) >= 11 is 0. The molecule has 3 heteroatoms. The topological polar surface area (TPSA) is 0 Å². The monoisotopic (exact) mass is 570 g/mol. The molecule has 0 saturated carbocycles. The Labute approximate surface area is 240 Å². The Bertz CT molecular complexity index is 1130. The van der Waals surface area contributed by atoms with Crippen molar-refractivity contribution in [1.82, 2.24) is 0 Å². The zero-order valence-electron chi connectivity index (χ0n) is 24.1. The van der Waals surface area contributed by atoms with Gasteiger partial charge < -0.3 is 30.3 Å². The molecule has 0 aliphatic heterocycles. The van der Waals surface area contributed by atoms with E-state index < -0.39 is 7.92 Å². The molecule has 0 nitrogen and oxygen atoms in total. The van der Waals surface area contributed by atoms with Gasteiger partial charge in [-0.2, -0.15) is 6.07 Å². The van der Waals surface area contributed by atoms with E-state index in [1.807, 2.05) is 30.3 Å². The quantitative estimate of drug-likeness (QED) is 0.127. The summed E-state index contributed by atoms with van der Waals surface area (Å²) in [6.07, 6.45) is 0. The summed E-state index contributed by atoms with van der Waals surface area (Å²) in [4.78, 5) is 0. The van der Waals surface area contributed by atoms with Gasteiger partial charge in [0, 0.05) is 17.1 Å². The molecule has 0 spiro atoms. The first-order valence-corrected chi connectivity index (χ1v) is 15.8. The maximum atomic E-state index is 2.47. The van der Waals surface area contributed by atoms with Crippen molar-refractivity contribution in [2.24, 2.45) is 0 Å². The smallest absolute Gasteiger partial charge is 0 e. The van der Waals surface area contributed by atoms with Gasteiger partial charge in [-0.15, -0.1) is 10.9 Å². The normalized spacial score (nSPS) is 12.6. The van der Waals surface area contributed by atoms with E-state index in [1.165, 1.54) is 21.7 Å². The zero-order valence-corrected chi connectivity index (χ0v) is 27.0. The van der Waals surface area contributed by atoms with Crippen molar-refractivity contribution in [1.29, 1.82) is 0 Å². The first-order valence-electron chi connectivity index (χ1n) is 13.1. The summed E-state index contributed by atoms with van der Waals surface area (Å²) in [5.41, 5.74) is 4.85. The van der Waals surface area contributed by atoms with Gasteiger partial charge in [0.25, 0.3) is 0 Å². The molecule has 1 atom stereocenters. The Kier molecular flexibility index (Phi) is 11.6. The Hall–Kier alpha value is -1.48. The summed E-state index contributed by atoms with van der Waals surface area (Å²) in [6, 6.07) is 35.2. The molecule has 0 N–H and O–H groups in total. The molecule has 37 heavy (non-hydrogen) atoms. The first-order chi connectivity index (χ1) is 16.9. The van der Waals surface area contributed by atoms with Gasteiger partial charge in [-0.1, -0.05) is 105 Å². The molecule has 0 unspecified atom stereocenters. The van der Waals surface area contributed by atoms with E-state index in [0.29, 0.717) is 5.66 Å². The fourth-order valence-electron chi connectivity index (χ4n) is 5.38. The van der Waals surface area contributed by atoms with Crippen LogP contribution in [-0.2, 0) is 17.1 Å². The maximum Gasteiger partial charge on any atom is 0 e. The average Bonchev–Trinajstić information content (AvgIpc) is 3.50. The van der Waals surface area contributed by atoms with Crippen LogP contribution in [0, 0.1) is 13.8 Å². The van der Waals surface area contributed by atoms with Crippen molar-refractivity contribution in [2.75, 3.05) is 0 Å². The summed E-state index contributed by atoms with van der Waals surface area (Å²) < 4.78 is 0. The molecule has 4 aromatic carbocycles. The van der Waals surface area contributed by atoms with Crippen LogP contribution in [0.5, 0.6) is 0 Å². The van der Waals surface area contributed by atoms with Crippen molar-refractivity contribution in [2.45, 2.75) is 78.3 Å². The van der Waals surface area contributed by atoms with Crippen molar-refractivity contribution >= 4 is 31.8 Å². The molecule has 0 radical (unpaired) electrons. The molecule has 0 aliphatic carbocycles. The van der Waals surface area contributed by atoms with Gasteiger partial charge in [0.05, 0.1) is 0 Å². The van der Waals surface area contributed by atoms with Gasteiger partial charge in [0.15, 0.2) is 0 Å². The molecule has 0 saturated heterocycles. The number of hydrogen-bond acceptors (Lipinski definition) is 0. The maximum absolute atomic E-state index is 2.47. The largest absolute Gasteiger partial charge is 0.748 e. The average molecular weight is 571 g/mol. The van der Waals surface area contributed by atoms with E-state index >= 15 is 0 Å². The molecule has 4 aromatic rings. The van der Waals surface area contributed by atoms with Crippen LogP contribution in [0.3, 0.4) is 0 Å². The third-order valence-corrected chi connectivity index (χ3v) is 13.2. The summed E-state index contributed by atoms with van der Waals surface area (Å²) in [6.45, 7) is 21.6. The van der Waals surface area contributed by atoms with Gasteiger partial charge in [-0.3, -0.25) is 0 Å². The Morgan fingerprint density at radius 1 is 0.649 bits per heavy atom. The van der Waals surface area contributed by atoms with Gasteiger partial charge in [-0.25, -0.2) is 12.1 Å². The van der Waals surface area contributed by atoms with E-state index in [2.05, 4.69) is 129 Å². The second-order valence-electron chi connectivity index (χ2n) is 11.6. The number of rotatable bonds is 5. The molecular formula is C34H44FeP2-6. The van der Waals surface area contributed by atoms with Crippen molar-refractivity contribution in [3.63, 3.8) is 0 Å². The van der Waals surface area contributed by atoms with Crippen molar-refractivity contribution < 1.29 is 17.1 Å². The van der Waals surface area contributed by atoms with Crippen molar-refractivity contribution in [3.05, 3.63) is 114 Å². The molecule has 204 valence electrons. The molecule has 0 aliphatic rings. The molecule has 0 bridgehead atoms. The minimum atomic E-state index is -0.507. The molecular weight excluding hydrogens is 526 g/mol. The second kappa shape index (κ2) is 13.5. The molecule has 0 aromatic heterocycles. The predicted molar refractivity (Wildman–Crippen MR) is 167 cm³/mol. The van der Waals surface area contributed by atoms with E-state index in [9.17, 15) is 0 Å². The third kappa shape index (κ3) is 8.01. The Balaban J connectivity index is 0.000000716. The predicted octanol–water partition coefficient (Wildman–Crippen LogP) is 9.32. The second-order valence-corrected chi connectivity index (χ2v) is 17.9.